The molecule has 8 heteroatoms. The molecule has 0 bridgehead atoms. The summed E-state index contributed by atoms with van der Waals surface area (Å²) in [4.78, 5) is 23.3. The topological polar surface area (TPSA) is 59.3 Å². The first-order chi connectivity index (χ1) is 11.3. The van der Waals surface area contributed by atoms with E-state index in [1.54, 1.807) is 0 Å². The number of hydrogen-bond donors (Lipinski definition) is 1. The zero-order valence-corrected chi connectivity index (χ0v) is 11.7. The van der Waals surface area contributed by atoms with Crippen LogP contribution in [0.1, 0.15) is 10.4 Å². The number of carboxylic acid groups (broad SMARTS) is 1. The third-order valence-corrected chi connectivity index (χ3v) is 3.44. The summed E-state index contributed by atoms with van der Waals surface area (Å²) in [6.45, 7) is 0. The minimum absolute atomic E-state index is 0.0626. The molecule has 0 atom stereocenters. The van der Waals surface area contributed by atoms with E-state index in [1.807, 2.05) is 0 Å². The van der Waals surface area contributed by atoms with Gasteiger partial charge in [-0.1, -0.05) is 6.07 Å². The van der Waals surface area contributed by atoms with E-state index in [-0.39, 0.29) is 5.69 Å². The first-order valence-corrected chi connectivity index (χ1v) is 6.53. The second-order valence-electron chi connectivity index (χ2n) is 4.91. The lowest BCUT2D eigenvalue weighted by atomic mass is 10.1. The van der Waals surface area contributed by atoms with Gasteiger partial charge in [-0.2, -0.15) is 0 Å². The van der Waals surface area contributed by atoms with Crippen LogP contribution in [0.15, 0.2) is 41.3 Å². The summed E-state index contributed by atoms with van der Waals surface area (Å²) in [5.74, 6) is -7.50. The minimum Gasteiger partial charge on any atom is -0.477 e. The van der Waals surface area contributed by atoms with E-state index in [4.69, 9.17) is 5.11 Å². The van der Waals surface area contributed by atoms with Gasteiger partial charge in [-0.3, -0.25) is 4.79 Å². The Bertz CT molecular complexity index is 1060. The summed E-state index contributed by atoms with van der Waals surface area (Å²) in [6, 6.07) is 4.98. The van der Waals surface area contributed by atoms with Crippen molar-refractivity contribution in [3.8, 4) is 5.69 Å². The number of fused-ring (bicyclic) bond motifs is 1. The number of aromatic carboxylic acids is 1. The Morgan fingerprint density at radius 2 is 1.75 bits per heavy atom. The van der Waals surface area contributed by atoms with Crippen LogP contribution in [0.25, 0.3) is 16.6 Å². The Balaban J connectivity index is 2.56. The van der Waals surface area contributed by atoms with E-state index in [1.165, 1.54) is 12.1 Å². The van der Waals surface area contributed by atoms with Crippen molar-refractivity contribution < 1.29 is 27.5 Å². The molecule has 0 aliphatic heterocycles. The van der Waals surface area contributed by atoms with Crippen LogP contribution in [0.5, 0.6) is 0 Å². The van der Waals surface area contributed by atoms with Crippen LogP contribution in [0, 0.1) is 23.3 Å². The van der Waals surface area contributed by atoms with E-state index < -0.39 is 51.1 Å². The summed E-state index contributed by atoms with van der Waals surface area (Å²) in [6.07, 6.45) is 0.738. The number of pyridine rings is 1. The highest BCUT2D eigenvalue weighted by Gasteiger charge is 2.22. The first-order valence-electron chi connectivity index (χ1n) is 6.53. The summed E-state index contributed by atoms with van der Waals surface area (Å²) < 4.78 is 55.4. The quantitative estimate of drug-likeness (QED) is 0.577. The highest BCUT2D eigenvalue weighted by atomic mass is 19.2. The Hall–Kier alpha value is -3.16. The van der Waals surface area contributed by atoms with Crippen molar-refractivity contribution in [1.82, 2.24) is 4.57 Å². The number of rotatable bonds is 2. The number of aromatic nitrogens is 1. The van der Waals surface area contributed by atoms with Gasteiger partial charge in [-0.05, 0) is 24.3 Å². The molecule has 3 rings (SSSR count). The molecule has 1 heterocycles. The lowest BCUT2D eigenvalue weighted by Gasteiger charge is -2.14. The van der Waals surface area contributed by atoms with Crippen LogP contribution in [0.2, 0.25) is 0 Å². The van der Waals surface area contributed by atoms with Crippen molar-refractivity contribution >= 4 is 16.9 Å². The van der Waals surface area contributed by atoms with Crippen molar-refractivity contribution in [3.05, 3.63) is 75.6 Å². The molecule has 0 aliphatic carbocycles. The molecule has 0 amide bonds. The maximum atomic E-state index is 14.2. The summed E-state index contributed by atoms with van der Waals surface area (Å²) >= 11 is 0. The molecule has 122 valence electrons. The maximum Gasteiger partial charge on any atom is 0.341 e. The predicted molar refractivity (Wildman–Crippen MR) is 76.3 cm³/mol. The van der Waals surface area contributed by atoms with Crippen LogP contribution in [-0.2, 0) is 0 Å². The fourth-order valence-corrected chi connectivity index (χ4v) is 2.37. The van der Waals surface area contributed by atoms with Gasteiger partial charge in [0.05, 0.1) is 10.9 Å². The first kappa shape index (κ1) is 15.7. The molecule has 4 nitrogen and oxygen atoms in total. The molecule has 0 saturated carbocycles. The number of nitrogens with zero attached hydrogens (tertiary/aromatic N) is 1. The van der Waals surface area contributed by atoms with E-state index >= 15 is 0 Å². The van der Waals surface area contributed by atoms with Gasteiger partial charge in [0, 0.05) is 11.9 Å². The monoisotopic (exact) mass is 337 g/mol. The predicted octanol–water partition coefficient (Wildman–Crippen LogP) is 3.25. The second-order valence-corrected chi connectivity index (χ2v) is 4.91. The molecule has 0 fully saturated rings. The van der Waals surface area contributed by atoms with Gasteiger partial charge in [-0.15, -0.1) is 0 Å². The lowest BCUT2D eigenvalue weighted by molar-refractivity contribution is 0.0695. The summed E-state index contributed by atoms with van der Waals surface area (Å²) in [5.41, 5.74) is -2.72. The maximum absolute atomic E-state index is 14.2. The van der Waals surface area contributed by atoms with E-state index in [0.717, 1.165) is 22.9 Å². The molecule has 2 aromatic carbocycles. The van der Waals surface area contributed by atoms with Gasteiger partial charge in [-0.25, -0.2) is 22.4 Å². The molecule has 0 radical (unpaired) electrons. The zero-order chi connectivity index (χ0) is 17.6. The molecule has 3 aromatic rings. The van der Waals surface area contributed by atoms with Gasteiger partial charge in [0.25, 0.3) is 0 Å². The Kier molecular flexibility index (Phi) is 3.59. The lowest BCUT2D eigenvalue weighted by Crippen LogP contribution is -2.20. The smallest absolute Gasteiger partial charge is 0.341 e. The molecule has 24 heavy (non-hydrogen) atoms. The number of halogens is 4. The molecule has 0 unspecified atom stereocenters. The third-order valence-electron chi connectivity index (χ3n) is 3.44. The number of carbonyl (C=O) groups is 1. The Morgan fingerprint density at radius 3 is 2.38 bits per heavy atom. The molecular formula is C16H7F4NO3. The molecular weight excluding hydrogens is 330 g/mol. The standard InChI is InChI=1S/C16H7F4NO3/c17-7-2-1-3-8(4-7)21-6-10(16(23)24)15(22)9-5-11(18)12(19)13(20)14(9)21/h1-6H,(H,23,24). The highest BCUT2D eigenvalue weighted by Crippen LogP contribution is 2.24. The van der Waals surface area contributed by atoms with Crippen molar-refractivity contribution in [2.75, 3.05) is 0 Å². The van der Waals surface area contributed by atoms with Crippen molar-refractivity contribution in [3.63, 3.8) is 0 Å². The fourth-order valence-electron chi connectivity index (χ4n) is 2.37. The normalized spacial score (nSPS) is 11.0. The zero-order valence-electron chi connectivity index (χ0n) is 11.7. The van der Waals surface area contributed by atoms with E-state index in [0.29, 0.717) is 6.07 Å². The largest absolute Gasteiger partial charge is 0.477 e. The second kappa shape index (κ2) is 5.48. The molecule has 1 N–H and O–H groups in total. The molecule has 0 aliphatic rings. The number of carboxylic acids is 1. The Labute approximate surface area is 131 Å². The van der Waals surface area contributed by atoms with Gasteiger partial charge >= 0.3 is 5.97 Å². The SMILES string of the molecule is O=C(O)c1cn(-c2cccc(F)c2)c2c(F)c(F)c(F)cc2c1=O. The number of benzene rings is 2. The van der Waals surface area contributed by atoms with Crippen molar-refractivity contribution in [2.24, 2.45) is 0 Å². The van der Waals surface area contributed by atoms with Crippen LogP contribution in [0.4, 0.5) is 17.6 Å². The fraction of sp³-hybridized carbons (Fsp3) is 0. The molecule has 0 spiro atoms. The average Bonchev–Trinajstić information content (AvgIpc) is 2.53. The minimum atomic E-state index is -1.82. The van der Waals surface area contributed by atoms with E-state index in [2.05, 4.69) is 0 Å². The van der Waals surface area contributed by atoms with Gasteiger partial charge < -0.3 is 9.67 Å². The highest BCUT2D eigenvalue weighted by molar-refractivity contribution is 5.93. The average molecular weight is 337 g/mol. The van der Waals surface area contributed by atoms with Crippen LogP contribution < -0.4 is 5.43 Å². The molecule has 0 saturated heterocycles. The summed E-state index contributed by atoms with van der Waals surface area (Å²) in [7, 11) is 0. The van der Waals surface area contributed by atoms with Crippen molar-refractivity contribution in [2.45, 2.75) is 0 Å². The van der Waals surface area contributed by atoms with Crippen LogP contribution in [-0.4, -0.2) is 15.6 Å². The van der Waals surface area contributed by atoms with Gasteiger partial charge in [0.2, 0.25) is 5.43 Å². The van der Waals surface area contributed by atoms with Gasteiger partial charge in [0.1, 0.15) is 11.4 Å². The van der Waals surface area contributed by atoms with Crippen molar-refractivity contribution in [1.29, 1.82) is 0 Å². The third kappa shape index (κ3) is 2.32. The Morgan fingerprint density at radius 1 is 1.04 bits per heavy atom. The summed E-state index contributed by atoms with van der Waals surface area (Å²) in [5, 5.41) is 8.42. The van der Waals surface area contributed by atoms with Crippen LogP contribution >= 0.6 is 0 Å². The number of hydrogen-bond acceptors (Lipinski definition) is 2. The van der Waals surface area contributed by atoms with Gasteiger partial charge in [0.15, 0.2) is 17.5 Å². The van der Waals surface area contributed by atoms with Crippen LogP contribution in [0.3, 0.4) is 0 Å². The van der Waals surface area contributed by atoms with E-state index in [9.17, 15) is 27.2 Å². The molecule has 1 aromatic heterocycles.